The number of hydrogen-bond donors (Lipinski definition) is 1. The Kier molecular flexibility index (Phi) is 1.76. The summed E-state index contributed by atoms with van der Waals surface area (Å²) in [5.41, 5.74) is -0.149. The highest BCUT2D eigenvalue weighted by Crippen LogP contribution is 2.52. The normalized spacial score (nSPS) is 40.2. The SMILES string of the molecule is CC1(C)CCCC1(O)CC1CC1. The van der Waals surface area contributed by atoms with E-state index in [-0.39, 0.29) is 11.0 Å². The number of hydrogen-bond acceptors (Lipinski definition) is 1. The van der Waals surface area contributed by atoms with Gasteiger partial charge in [-0.15, -0.1) is 0 Å². The molecule has 2 rings (SSSR count). The molecule has 2 aliphatic carbocycles. The Hall–Kier alpha value is -0.0400. The van der Waals surface area contributed by atoms with E-state index < -0.39 is 0 Å². The van der Waals surface area contributed by atoms with Crippen LogP contribution in [0.1, 0.15) is 52.4 Å². The average Bonchev–Trinajstić information content (AvgIpc) is 2.66. The van der Waals surface area contributed by atoms with Gasteiger partial charge in [0.2, 0.25) is 0 Å². The van der Waals surface area contributed by atoms with Crippen molar-refractivity contribution in [1.29, 1.82) is 0 Å². The summed E-state index contributed by atoms with van der Waals surface area (Å²) in [7, 11) is 0. The molecule has 1 nitrogen and oxygen atoms in total. The Morgan fingerprint density at radius 2 is 1.92 bits per heavy atom. The summed E-state index contributed by atoms with van der Waals surface area (Å²) in [4.78, 5) is 0. The Bertz CT molecular complexity index is 181. The number of aliphatic hydroxyl groups is 1. The van der Waals surface area contributed by atoms with Gasteiger partial charge in [0.25, 0.3) is 0 Å². The maximum atomic E-state index is 10.4. The summed E-state index contributed by atoms with van der Waals surface area (Å²) in [6, 6.07) is 0. The first-order valence-corrected chi connectivity index (χ1v) is 5.26. The van der Waals surface area contributed by atoms with Gasteiger partial charge >= 0.3 is 0 Å². The average molecular weight is 168 g/mol. The zero-order valence-corrected chi connectivity index (χ0v) is 8.27. The van der Waals surface area contributed by atoms with Crippen LogP contribution in [0.2, 0.25) is 0 Å². The van der Waals surface area contributed by atoms with E-state index in [2.05, 4.69) is 13.8 Å². The second kappa shape index (κ2) is 2.47. The van der Waals surface area contributed by atoms with Gasteiger partial charge in [0.05, 0.1) is 5.60 Å². The molecule has 0 saturated heterocycles. The second-order valence-corrected chi connectivity index (χ2v) is 5.42. The predicted octanol–water partition coefficient (Wildman–Crippen LogP) is 2.73. The van der Waals surface area contributed by atoms with Crippen molar-refractivity contribution in [1.82, 2.24) is 0 Å². The highest BCUT2D eigenvalue weighted by molar-refractivity contribution is 5.01. The van der Waals surface area contributed by atoms with Gasteiger partial charge in [0.1, 0.15) is 0 Å². The minimum Gasteiger partial charge on any atom is -0.389 e. The Morgan fingerprint density at radius 3 is 2.33 bits per heavy atom. The zero-order chi connectivity index (χ0) is 8.82. The van der Waals surface area contributed by atoms with Gasteiger partial charge in [0, 0.05) is 0 Å². The second-order valence-electron chi connectivity index (χ2n) is 5.42. The Labute approximate surface area is 75.2 Å². The molecule has 0 aliphatic heterocycles. The topological polar surface area (TPSA) is 20.2 Å². The van der Waals surface area contributed by atoms with Gasteiger partial charge in [-0.2, -0.15) is 0 Å². The van der Waals surface area contributed by atoms with Crippen LogP contribution in [-0.2, 0) is 0 Å². The third-order valence-electron chi connectivity index (χ3n) is 3.98. The molecule has 0 radical (unpaired) electrons. The van der Waals surface area contributed by atoms with Crippen LogP contribution in [0, 0.1) is 11.3 Å². The molecule has 70 valence electrons. The summed E-state index contributed by atoms with van der Waals surface area (Å²) in [6.07, 6.45) is 7.25. The van der Waals surface area contributed by atoms with Crippen LogP contribution in [0.3, 0.4) is 0 Å². The van der Waals surface area contributed by atoms with Crippen LogP contribution in [0.25, 0.3) is 0 Å². The van der Waals surface area contributed by atoms with E-state index in [9.17, 15) is 5.11 Å². The van der Waals surface area contributed by atoms with Crippen LogP contribution in [0.15, 0.2) is 0 Å². The first-order valence-electron chi connectivity index (χ1n) is 5.26. The Balaban J connectivity index is 2.06. The lowest BCUT2D eigenvalue weighted by Crippen LogP contribution is -2.40. The molecule has 12 heavy (non-hydrogen) atoms. The van der Waals surface area contributed by atoms with E-state index in [0.717, 1.165) is 18.8 Å². The number of rotatable bonds is 2. The molecular formula is C11H20O. The fourth-order valence-electron chi connectivity index (χ4n) is 2.57. The van der Waals surface area contributed by atoms with Gasteiger partial charge in [0.15, 0.2) is 0 Å². The van der Waals surface area contributed by atoms with Crippen molar-refractivity contribution in [3.63, 3.8) is 0 Å². The van der Waals surface area contributed by atoms with E-state index in [1.165, 1.54) is 25.7 Å². The van der Waals surface area contributed by atoms with Gasteiger partial charge < -0.3 is 5.11 Å². The van der Waals surface area contributed by atoms with Crippen LogP contribution >= 0.6 is 0 Å². The predicted molar refractivity (Wildman–Crippen MR) is 49.9 cm³/mol. The largest absolute Gasteiger partial charge is 0.389 e. The summed E-state index contributed by atoms with van der Waals surface area (Å²) in [5, 5.41) is 10.4. The van der Waals surface area contributed by atoms with Crippen LogP contribution in [0.5, 0.6) is 0 Å². The van der Waals surface area contributed by atoms with E-state index in [1.807, 2.05) is 0 Å². The van der Waals surface area contributed by atoms with E-state index in [0.29, 0.717) is 0 Å². The van der Waals surface area contributed by atoms with E-state index >= 15 is 0 Å². The molecule has 2 aliphatic rings. The Morgan fingerprint density at radius 1 is 1.25 bits per heavy atom. The molecular weight excluding hydrogens is 148 g/mol. The maximum absolute atomic E-state index is 10.4. The molecule has 0 heterocycles. The maximum Gasteiger partial charge on any atom is 0.0701 e. The molecule has 1 heteroatoms. The highest BCUT2D eigenvalue weighted by atomic mass is 16.3. The van der Waals surface area contributed by atoms with Crippen molar-refractivity contribution in [2.24, 2.45) is 11.3 Å². The van der Waals surface area contributed by atoms with Crippen molar-refractivity contribution >= 4 is 0 Å². The molecule has 0 aromatic rings. The lowest BCUT2D eigenvalue weighted by Gasteiger charge is -2.37. The third kappa shape index (κ3) is 1.28. The van der Waals surface area contributed by atoms with Crippen molar-refractivity contribution in [2.45, 2.75) is 58.0 Å². The molecule has 0 bridgehead atoms. The molecule has 1 atom stereocenters. The van der Waals surface area contributed by atoms with Crippen LogP contribution in [-0.4, -0.2) is 10.7 Å². The lowest BCUT2D eigenvalue weighted by atomic mass is 9.75. The monoisotopic (exact) mass is 168 g/mol. The molecule has 1 unspecified atom stereocenters. The van der Waals surface area contributed by atoms with Crippen LogP contribution in [0.4, 0.5) is 0 Å². The molecule has 0 aromatic carbocycles. The summed E-state index contributed by atoms with van der Waals surface area (Å²) < 4.78 is 0. The highest BCUT2D eigenvalue weighted by Gasteiger charge is 2.49. The summed E-state index contributed by atoms with van der Waals surface area (Å²) in [5.74, 6) is 0.854. The zero-order valence-electron chi connectivity index (χ0n) is 8.27. The van der Waals surface area contributed by atoms with Gasteiger partial charge in [-0.1, -0.05) is 26.7 Å². The van der Waals surface area contributed by atoms with Crippen molar-refractivity contribution < 1.29 is 5.11 Å². The molecule has 0 amide bonds. The fraction of sp³-hybridized carbons (Fsp3) is 1.00. The van der Waals surface area contributed by atoms with Crippen molar-refractivity contribution in [3.05, 3.63) is 0 Å². The van der Waals surface area contributed by atoms with Crippen LogP contribution < -0.4 is 0 Å². The van der Waals surface area contributed by atoms with Gasteiger partial charge in [-0.25, -0.2) is 0 Å². The molecule has 2 fully saturated rings. The fourth-order valence-corrected chi connectivity index (χ4v) is 2.57. The minimum atomic E-state index is -0.325. The van der Waals surface area contributed by atoms with Crippen molar-refractivity contribution in [3.8, 4) is 0 Å². The van der Waals surface area contributed by atoms with Gasteiger partial charge in [-0.05, 0) is 37.0 Å². The molecule has 1 N–H and O–H groups in total. The van der Waals surface area contributed by atoms with E-state index in [1.54, 1.807) is 0 Å². The molecule has 0 spiro atoms. The summed E-state index contributed by atoms with van der Waals surface area (Å²) in [6.45, 7) is 4.45. The first-order chi connectivity index (χ1) is 5.54. The summed E-state index contributed by atoms with van der Waals surface area (Å²) >= 11 is 0. The molecule has 2 saturated carbocycles. The molecule has 0 aromatic heterocycles. The third-order valence-corrected chi connectivity index (χ3v) is 3.98. The first kappa shape index (κ1) is 8.55. The quantitative estimate of drug-likeness (QED) is 0.672. The smallest absolute Gasteiger partial charge is 0.0701 e. The van der Waals surface area contributed by atoms with Crippen molar-refractivity contribution in [2.75, 3.05) is 0 Å². The van der Waals surface area contributed by atoms with E-state index in [4.69, 9.17) is 0 Å². The standard InChI is InChI=1S/C11H20O/c1-10(2)6-3-7-11(10,12)8-9-4-5-9/h9,12H,3-8H2,1-2H3. The van der Waals surface area contributed by atoms with Gasteiger partial charge in [-0.3, -0.25) is 0 Å². The minimum absolute atomic E-state index is 0.176. The lowest BCUT2D eigenvalue weighted by molar-refractivity contribution is -0.0535.